The van der Waals surface area contributed by atoms with Crippen molar-refractivity contribution < 1.29 is 18.7 Å². The molecule has 3 rings (SSSR count). The van der Waals surface area contributed by atoms with Gasteiger partial charge in [-0.05, 0) is 55.8 Å². The van der Waals surface area contributed by atoms with Crippen LogP contribution in [-0.4, -0.2) is 28.3 Å². The van der Waals surface area contributed by atoms with Gasteiger partial charge in [-0.15, -0.1) is 0 Å². The first-order valence-corrected chi connectivity index (χ1v) is 9.90. The van der Waals surface area contributed by atoms with Gasteiger partial charge in [0.2, 0.25) is 0 Å². The number of nitrogens with zero attached hydrogens (tertiary/aromatic N) is 2. The van der Waals surface area contributed by atoms with Gasteiger partial charge in [0, 0.05) is 28.9 Å². The summed E-state index contributed by atoms with van der Waals surface area (Å²) in [5, 5.41) is 7.64. The Bertz CT molecular complexity index is 1120. The van der Waals surface area contributed by atoms with E-state index in [0.29, 0.717) is 16.4 Å². The fraction of sp³-hybridized carbons (Fsp3) is 0.174. The first kappa shape index (κ1) is 22.2. The predicted octanol–water partition coefficient (Wildman–Crippen LogP) is 4.15. The Morgan fingerprint density at radius 2 is 1.87 bits per heavy atom. The Morgan fingerprint density at radius 1 is 1.16 bits per heavy atom. The average molecular weight is 442 g/mol. The number of rotatable bonds is 7. The zero-order chi connectivity index (χ0) is 22.4. The molecule has 0 bridgehead atoms. The minimum absolute atomic E-state index is 0.243. The van der Waals surface area contributed by atoms with Crippen LogP contribution < -0.4 is 5.32 Å². The number of ether oxygens (including phenoxy) is 1. The molecule has 0 aliphatic heterocycles. The zero-order valence-electron chi connectivity index (χ0n) is 17.1. The summed E-state index contributed by atoms with van der Waals surface area (Å²) in [5.74, 6) is -1.41. The number of hydrogen-bond donors (Lipinski definition) is 1. The summed E-state index contributed by atoms with van der Waals surface area (Å²) in [5.41, 5.74) is 3.70. The zero-order valence-corrected chi connectivity index (χ0v) is 17.8. The molecule has 8 heteroatoms. The van der Waals surface area contributed by atoms with Gasteiger partial charge in [0.1, 0.15) is 5.82 Å². The molecule has 1 heterocycles. The number of carbonyl (C=O) groups excluding carboxylic acids is 2. The molecule has 2 aromatic carbocycles. The monoisotopic (exact) mass is 441 g/mol. The predicted molar refractivity (Wildman–Crippen MR) is 116 cm³/mol. The van der Waals surface area contributed by atoms with E-state index in [4.69, 9.17) is 16.3 Å². The van der Waals surface area contributed by atoms with Gasteiger partial charge in [-0.2, -0.15) is 5.10 Å². The van der Waals surface area contributed by atoms with Crippen molar-refractivity contribution in [1.29, 1.82) is 0 Å². The first-order chi connectivity index (χ1) is 14.8. The van der Waals surface area contributed by atoms with Crippen molar-refractivity contribution >= 4 is 29.6 Å². The molecule has 0 unspecified atom stereocenters. The van der Waals surface area contributed by atoms with Crippen LogP contribution in [0.5, 0.6) is 0 Å². The van der Waals surface area contributed by atoms with Crippen LogP contribution in [0.25, 0.3) is 11.8 Å². The lowest BCUT2D eigenvalue weighted by molar-refractivity contribution is -0.143. The van der Waals surface area contributed by atoms with Crippen molar-refractivity contribution in [1.82, 2.24) is 15.1 Å². The van der Waals surface area contributed by atoms with Crippen LogP contribution in [0.15, 0.2) is 54.6 Å². The van der Waals surface area contributed by atoms with Crippen LogP contribution in [0.1, 0.15) is 22.5 Å². The minimum atomic E-state index is -0.652. The number of amides is 1. The lowest BCUT2D eigenvalue weighted by atomic mass is 10.2. The van der Waals surface area contributed by atoms with E-state index in [0.717, 1.165) is 16.8 Å². The largest absolute Gasteiger partial charge is 0.452 e. The molecule has 0 saturated carbocycles. The van der Waals surface area contributed by atoms with Gasteiger partial charge in [-0.25, -0.2) is 13.9 Å². The summed E-state index contributed by atoms with van der Waals surface area (Å²) in [6.45, 7) is 3.49. The van der Waals surface area contributed by atoms with E-state index in [2.05, 4.69) is 10.4 Å². The van der Waals surface area contributed by atoms with E-state index in [1.165, 1.54) is 18.2 Å². The normalized spacial score (nSPS) is 11.0. The molecular formula is C23H21ClFN3O3. The summed E-state index contributed by atoms with van der Waals surface area (Å²) in [4.78, 5) is 23.9. The highest BCUT2D eigenvalue weighted by Crippen LogP contribution is 2.19. The fourth-order valence-electron chi connectivity index (χ4n) is 2.95. The Kier molecular flexibility index (Phi) is 7.20. The summed E-state index contributed by atoms with van der Waals surface area (Å²) < 4.78 is 19.8. The maximum atomic E-state index is 13.2. The number of carbonyl (C=O) groups is 2. The van der Waals surface area contributed by atoms with Crippen LogP contribution in [0.3, 0.4) is 0 Å². The number of aromatic nitrogens is 2. The molecule has 31 heavy (non-hydrogen) atoms. The van der Waals surface area contributed by atoms with Crippen LogP contribution >= 0.6 is 11.6 Å². The van der Waals surface area contributed by atoms with Gasteiger partial charge >= 0.3 is 5.97 Å². The Labute approximate surface area is 184 Å². The molecule has 0 spiro atoms. The number of halogens is 2. The third-order valence-electron chi connectivity index (χ3n) is 4.58. The van der Waals surface area contributed by atoms with Crippen LogP contribution in [0.2, 0.25) is 5.02 Å². The molecule has 0 atom stereocenters. The van der Waals surface area contributed by atoms with Gasteiger partial charge < -0.3 is 10.1 Å². The third kappa shape index (κ3) is 5.79. The Balaban J connectivity index is 1.56. The highest BCUT2D eigenvalue weighted by atomic mass is 35.5. The standard InChI is InChI=1S/C23H21ClFN3O3/c1-15-20(16(2)28(27-15)19-9-7-18(25)8-10-19)11-12-23(30)31-14-22(29)26-13-17-5-3-4-6-21(17)24/h3-12H,13-14H2,1-2H3,(H,26,29)/b12-11+. The quantitative estimate of drug-likeness (QED) is 0.441. The van der Waals surface area contributed by atoms with E-state index >= 15 is 0 Å². The molecule has 0 aliphatic carbocycles. The average Bonchev–Trinajstić information content (AvgIpc) is 3.04. The van der Waals surface area contributed by atoms with Crippen LogP contribution in [0.4, 0.5) is 4.39 Å². The second-order valence-corrected chi connectivity index (χ2v) is 7.19. The third-order valence-corrected chi connectivity index (χ3v) is 4.95. The minimum Gasteiger partial charge on any atom is -0.452 e. The molecule has 0 fully saturated rings. The summed E-state index contributed by atoms with van der Waals surface area (Å²) >= 11 is 6.04. The number of nitrogens with one attached hydrogen (secondary N) is 1. The van der Waals surface area contributed by atoms with Crippen molar-refractivity contribution in [3.05, 3.63) is 88.0 Å². The molecule has 1 amide bonds. The second-order valence-electron chi connectivity index (χ2n) is 6.78. The second kappa shape index (κ2) is 10.0. The van der Waals surface area contributed by atoms with Crippen molar-refractivity contribution in [2.24, 2.45) is 0 Å². The van der Waals surface area contributed by atoms with E-state index in [9.17, 15) is 14.0 Å². The maximum absolute atomic E-state index is 13.2. The number of hydrogen-bond acceptors (Lipinski definition) is 4. The van der Waals surface area contributed by atoms with E-state index < -0.39 is 18.5 Å². The van der Waals surface area contributed by atoms with Crippen molar-refractivity contribution in [2.75, 3.05) is 6.61 Å². The fourth-order valence-corrected chi connectivity index (χ4v) is 3.15. The van der Waals surface area contributed by atoms with Gasteiger partial charge in [0.25, 0.3) is 5.91 Å². The molecule has 6 nitrogen and oxygen atoms in total. The lowest BCUT2D eigenvalue weighted by Gasteiger charge is -2.07. The SMILES string of the molecule is Cc1nn(-c2ccc(F)cc2)c(C)c1/C=C/C(=O)OCC(=O)NCc1ccccc1Cl. The molecule has 0 saturated heterocycles. The van der Waals surface area contributed by atoms with E-state index in [1.54, 1.807) is 48.0 Å². The van der Waals surface area contributed by atoms with Gasteiger partial charge in [0.15, 0.2) is 6.61 Å². The molecule has 1 N–H and O–H groups in total. The molecule has 3 aromatic rings. The summed E-state index contributed by atoms with van der Waals surface area (Å²) in [6.07, 6.45) is 2.83. The number of benzene rings is 2. The van der Waals surface area contributed by atoms with E-state index in [1.807, 2.05) is 13.0 Å². The van der Waals surface area contributed by atoms with Gasteiger partial charge in [-0.1, -0.05) is 29.8 Å². The molecule has 1 aromatic heterocycles. The molecular weight excluding hydrogens is 421 g/mol. The van der Waals surface area contributed by atoms with Gasteiger partial charge in [0.05, 0.1) is 11.4 Å². The number of esters is 1. The Hall–Kier alpha value is -3.45. The molecule has 160 valence electrons. The lowest BCUT2D eigenvalue weighted by Crippen LogP contribution is -2.28. The number of aryl methyl sites for hydroxylation is 1. The first-order valence-electron chi connectivity index (χ1n) is 9.52. The highest BCUT2D eigenvalue weighted by Gasteiger charge is 2.12. The van der Waals surface area contributed by atoms with Crippen molar-refractivity contribution in [3.63, 3.8) is 0 Å². The highest BCUT2D eigenvalue weighted by molar-refractivity contribution is 6.31. The molecule has 0 aliphatic rings. The Morgan fingerprint density at radius 3 is 2.58 bits per heavy atom. The summed E-state index contributed by atoms with van der Waals surface area (Å²) in [7, 11) is 0. The smallest absolute Gasteiger partial charge is 0.331 e. The topological polar surface area (TPSA) is 73.2 Å². The van der Waals surface area contributed by atoms with Gasteiger partial charge in [-0.3, -0.25) is 4.79 Å². The van der Waals surface area contributed by atoms with Crippen molar-refractivity contribution in [3.8, 4) is 5.69 Å². The van der Waals surface area contributed by atoms with Crippen LogP contribution in [0, 0.1) is 19.7 Å². The molecule has 0 radical (unpaired) electrons. The summed E-state index contributed by atoms with van der Waals surface area (Å²) in [6, 6.07) is 13.1. The van der Waals surface area contributed by atoms with Crippen LogP contribution in [-0.2, 0) is 20.9 Å². The van der Waals surface area contributed by atoms with Crippen molar-refractivity contribution in [2.45, 2.75) is 20.4 Å². The van der Waals surface area contributed by atoms with E-state index in [-0.39, 0.29) is 12.4 Å². The maximum Gasteiger partial charge on any atom is 0.331 e.